The van der Waals surface area contributed by atoms with E-state index in [-0.39, 0.29) is 17.2 Å². The normalized spacial score (nSPS) is 23.8. The van der Waals surface area contributed by atoms with Crippen molar-refractivity contribution in [2.24, 2.45) is 11.3 Å². The summed E-state index contributed by atoms with van der Waals surface area (Å²) in [6.45, 7) is 3.40. The molecule has 1 saturated carbocycles. The largest absolute Gasteiger partial charge is 0.383 e. The summed E-state index contributed by atoms with van der Waals surface area (Å²) in [5.41, 5.74) is 1.06. The van der Waals surface area contributed by atoms with Crippen LogP contribution in [0.15, 0.2) is 12.4 Å². The van der Waals surface area contributed by atoms with Crippen LogP contribution < -0.4 is 10.6 Å². The van der Waals surface area contributed by atoms with Gasteiger partial charge < -0.3 is 15.4 Å². The molecule has 6 heteroatoms. The third kappa shape index (κ3) is 2.71. The molecule has 6 nitrogen and oxygen atoms in total. The van der Waals surface area contributed by atoms with Gasteiger partial charge in [-0.15, -0.1) is 0 Å². The maximum absolute atomic E-state index is 12.3. The minimum absolute atomic E-state index is 0.151. The number of ether oxygens (including phenoxy) is 1. The predicted molar refractivity (Wildman–Crippen MR) is 75.4 cm³/mol. The fourth-order valence-corrected chi connectivity index (χ4v) is 3.16. The molecule has 20 heavy (non-hydrogen) atoms. The van der Waals surface area contributed by atoms with E-state index in [4.69, 9.17) is 4.74 Å². The van der Waals surface area contributed by atoms with Gasteiger partial charge in [0.1, 0.15) is 0 Å². The number of hydrogen-bond acceptors (Lipinski definition) is 4. The van der Waals surface area contributed by atoms with Gasteiger partial charge in [-0.3, -0.25) is 9.48 Å². The lowest BCUT2D eigenvalue weighted by Gasteiger charge is -2.23. The molecule has 0 radical (unpaired) electrons. The summed E-state index contributed by atoms with van der Waals surface area (Å²) in [7, 11) is 1.66. The molecule has 1 aromatic rings. The highest BCUT2D eigenvalue weighted by Crippen LogP contribution is 2.58. The summed E-state index contributed by atoms with van der Waals surface area (Å²) in [6, 6.07) is 0. The van der Waals surface area contributed by atoms with Crippen molar-refractivity contribution in [2.45, 2.75) is 25.8 Å². The highest BCUT2D eigenvalue weighted by atomic mass is 16.5. The average Bonchev–Trinajstić information content (AvgIpc) is 2.95. The highest BCUT2D eigenvalue weighted by molar-refractivity contribution is 5.94. The van der Waals surface area contributed by atoms with Crippen molar-refractivity contribution in [3.63, 3.8) is 0 Å². The lowest BCUT2D eigenvalue weighted by atomic mass is 9.92. The van der Waals surface area contributed by atoms with Crippen LogP contribution in [0.4, 0.5) is 5.69 Å². The number of carbonyl (C=O) groups excluding carboxylic acids is 1. The first-order chi connectivity index (χ1) is 9.73. The molecule has 0 bridgehead atoms. The van der Waals surface area contributed by atoms with Crippen molar-refractivity contribution >= 4 is 11.6 Å². The van der Waals surface area contributed by atoms with Gasteiger partial charge in [0.05, 0.1) is 25.0 Å². The monoisotopic (exact) mass is 278 g/mol. The van der Waals surface area contributed by atoms with Crippen molar-refractivity contribution in [1.29, 1.82) is 0 Å². The second kappa shape index (κ2) is 5.54. The fraction of sp³-hybridized carbons (Fsp3) is 0.714. The number of methoxy groups -OCH3 is 1. The molecule has 1 unspecified atom stereocenters. The third-order valence-corrected chi connectivity index (χ3v) is 4.53. The fourth-order valence-electron chi connectivity index (χ4n) is 3.16. The van der Waals surface area contributed by atoms with E-state index in [1.54, 1.807) is 18.0 Å². The summed E-state index contributed by atoms with van der Waals surface area (Å²) in [4.78, 5) is 12.3. The van der Waals surface area contributed by atoms with Gasteiger partial charge >= 0.3 is 0 Å². The Morgan fingerprint density at radius 2 is 2.40 bits per heavy atom. The Labute approximate surface area is 118 Å². The molecule has 3 rings (SSSR count). The first-order valence-corrected chi connectivity index (χ1v) is 7.26. The summed E-state index contributed by atoms with van der Waals surface area (Å²) in [5.74, 6) is 0.338. The summed E-state index contributed by atoms with van der Waals surface area (Å²) in [5, 5.41) is 10.5. The van der Waals surface area contributed by atoms with E-state index in [0.29, 0.717) is 13.2 Å². The molecule has 2 fully saturated rings. The van der Waals surface area contributed by atoms with E-state index in [1.165, 1.54) is 0 Å². The Bertz CT molecular complexity index is 479. The molecule has 1 spiro atoms. The number of rotatable bonds is 5. The number of nitrogens with one attached hydrogen (secondary N) is 2. The topological polar surface area (TPSA) is 68.2 Å². The lowest BCUT2D eigenvalue weighted by Crippen LogP contribution is -2.31. The van der Waals surface area contributed by atoms with Gasteiger partial charge in [-0.1, -0.05) is 0 Å². The molecule has 2 heterocycles. The Kier molecular flexibility index (Phi) is 3.76. The van der Waals surface area contributed by atoms with Gasteiger partial charge in [0.15, 0.2) is 0 Å². The molecular weight excluding hydrogens is 256 g/mol. The molecular formula is C14H22N4O2. The van der Waals surface area contributed by atoms with Crippen LogP contribution in [0.25, 0.3) is 0 Å². The van der Waals surface area contributed by atoms with Crippen LogP contribution in [-0.2, 0) is 16.1 Å². The smallest absolute Gasteiger partial charge is 0.228 e. The molecule has 1 saturated heterocycles. The molecule has 0 aromatic carbocycles. The van der Waals surface area contributed by atoms with Crippen LogP contribution in [0.2, 0.25) is 0 Å². The van der Waals surface area contributed by atoms with Crippen molar-refractivity contribution in [1.82, 2.24) is 15.1 Å². The van der Waals surface area contributed by atoms with Gasteiger partial charge in [-0.05, 0) is 37.8 Å². The van der Waals surface area contributed by atoms with E-state index in [0.717, 1.165) is 38.0 Å². The molecule has 2 aliphatic rings. The molecule has 2 N–H and O–H groups in total. The molecule has 1 amide bonds. The lowest BCUT2D eigenvalue weighted by molar-refractivity contribution is -0.118. The summed E-state index contributed by atoms with van der Waals surface area (Å²) >= 11 is 0. The SMILES string of the molecule is COCCn1cc(NC(=O)C2CC23CCNCC3)cn1. The van der Waals surface area contributed by atoms with Gasteiger partial charge in [-0.25, -0.2) is 0 Å². The Morgan fingerprint density at radius 1 is 1.60 bits per heavy atom. The number of aromatic nitrogens is 2. The number of hydrogen-bond donors (Lipinski definition) is 2. The zero-order valence-corrected chi connectivity index (χ0v) is 11.9. The van der Waals surface area contributed by atoms with Crippen LogP contribution in [0.3, 0.4) is 0 Å². The van der Waals surface area contributed by atoms with Crippen molar-refractivity contribution in [2.75, 3.05) is 32.1 Å². The van der Waals surface area contributed by atoms with Crippen molar-refractivity contribution < 1.29 is 9.53 Å². The van der Waals surface area contributed by atoms with Crippen molar-refractivity contribution in [3.05, 3.63) is 12.4 Å². The second-order valence-electron chi connectivity index (χ2n) is 5.84. The Morgan fingerprint density at radius 3 is 3.15 bits per heavy atom. The number of amides is 1. The summed E-state index contributed by atoms with van der Waals surface area (Å²) in [6.07, 6.45) is 6.84. The van der Waals surface area contributed by atoms with E-state index in [2.05, 4.69) is 15.7 Å². The molecule has 1 aliphatic carbocycles. The second-order valence-corrected chi connectivity index (χ2v) is 5.84. The van der Waals surface area contributed by atoms with Gasteiger partial charge in [0.25, 0.3) is 0 Å². The van der Waals surface area contributed by atoms with Crippen LogP contribution >= 0.6 is 0 Å². The zero-order valence-electron chi connectivity index (χ0n) is 11.9. The van der Waals surface area contributed by atoms with E-state index < -0.39 is 0 Å². The van der Waals surface area contributed by atoms with Gasteiger partial charge in [-0.2, -0.15) is 5.10 Å². The minimum atomic E-state index is 0.151. The van der Waals surface area contributed by atoms with E-state index >= 15 is 0 Å². The third-order valence-electron chi connectivity index (χ3n) is 4.53. The van der Waals surface area contributed by atoms with Crippen molar-refractivity contribution in [3.8, 4) is 0 Å². The van der Waals surface area contributed by atoms with Crippen LogP contribution in [-0.4, -0.2) is 42.5 Å². The van der Waals surface area contributed by atoms with E-state index in [9.17, 15) is 4.79 Å². The average molecular weight is 278 g/mol. The maximum Gasteiger partial charge on any atom is 0.228 e. The number of nitrogens with zero attached hydrogens (tertiary/aromatic N) is 2. The van der Waals surface area contributed by atoms with Crippen LogP contribution in [0, 0.1) is 11.3 Å². The standard InChI is InChI=1S/C14H22N4O2/c1-20-7-6-18-10-11(9-16-18)17-13(19)12-8-14(12)2-4-15-5-3-14/h9-10,12,15H,2-8H2,1H3,(H,17,19). The number of piperidine rings is 1. The summed E-state index contributed by atoms with van der Waals surface area (Å²) < 4.78 is 6.79. The van der Waals surface area contributed by atoms with E-state index in [1.807, 2.05) is 6.20 Å². The van der Waals surface area contributed by atoms with Crippen LogP contribution in [0.5, 0.6) is 0 Å². The number of anilines is 1. The van der Waals surface area contributed by atoms with Crippen LogP contribution in [0.1, 0.15) is 19.3 Å². The van der Waals surface area contributed by atoms with Gasteiger partial charge in [0, 0.05) is 19.2 Å². The first kappa shape index (κ1) is 13.6. The molecule has 1 aliphatic heterocycles. The van der Waals surface area contributed by atoms with Gasteiger partial charge in [0.2, 0.25) is 5.91 Å². The minimum Gasteiger partial charge on any atom is -0.383 e. The Balaban J connectivity index is 1.53. The Hall–Kier alpha value is -1.40. The molecule has 1 aromatic heterocycles. The molecule has 110 valence electrons. The number of carbonyl (C=O) groups is 1. The quantitative estimate of drug-likeness (QED) is 0.838. The first-order valence-electron chi connectivity index (χ1n) is 7.26. The highest BCUT2D eigenvalue weighted by Gasteiger charge is 2.57. The zero-order chi connectivity index (χ0) is 14.0. The maximum atomic E-state index is 12.3. The molecule has 1 atom stereocenters. The predicted octanol–water partition coefficient (Wildman–Crippen LogP) is 0.858.